The Hall–Kier alpha value is -2.87. The molecule has 1 saturated heterocycles. The van der Waals surface area contributed by atoms with Gasteiger partial charge in [-0.3, -0.25) is 14.0 Å². The molecule has 0 atom stereocenters. The number of aromatic nitrogens is 3. The maximum atomic E-state index is 12.7. The molecule has 3 aromatic rings. The van der Waals surface area contributed by atoms with Crippen LogP contribution in [-0.2, 0) is 4.79 Å². The zero-order chi connectivity index (χ0) is 20.5. The van der Waals surface area contributed by atoms with Crippen molar-refractivity contribution >= 4 is 34.9 Å². The SMILES string of the molecule is O=C(Nc1ccc2nnc(-c3ccc(C(=O)N4CCSCC4)cc3)n2c1)C1CCC1. The summed E-state index contributed by atoms with van der Waals surface area (Å²) in [6.45, 7) is 1.60. The van der Waals surface area contributed by atoms with Crippen LogP contribution in [0.5, 0.6) is 0 Å². The minimum absolute atomic E-state index is 0.0777. The van der Waals surface area contributed by atoms with Gasteiger partial charge in [0.2, 0.25) is 5.91 Å². The molecule has 0 unspecified atom stereocenters. The standard InChI is InChI=1S/C22H23N5O2S/c28-21(16-2-1-3-16)23-18-8-9-19-24-25-20(27(19)14-18)15-4-6-17(7-5-15)22(29)26-10-12-30-13-11-26/h4-9,14,16H,1-3,10-13H2,(H,23,28). The van der Waals surface area contributed by atoms with Crippen LogP contribution in [0.1, 0.15) is 29.6 Å². The molecule has 8 heteroatoms. The number of fused-ring (bicyclic) bond motifs is 1. The van der Waals surface area contributed by atoms with Gasteiger partial charge in [-0.25, -0.2) is 0 Å². The molecule has 2 aliphatic rings. The first-order chi connectivity index (χ1) is 14.7. The molecule has 2 fully saturated rings. The molecule has 1 saturated carbocycles. The maximum Gasteiger partial charge on any atom is 0.253 e. The van der Waals surface area contributed by atoms with E-state index < -0.39 is 0 Å². The van der Waals surface area contributed by atoms with Crippen LogP contribution in [-0.4, -0.2) is 55.9 Å². The van der Waals surface area contributed by atoms with E-state index in [1.807, 2.05) is 63.7 Å². The Morgan fingerprint density at radius 2 is 1.77 bits per heavy atom. The number of benzene rings is 1. The first kappa shape index (κ1) is 19.1. The lowest BCUT2D eigenvalue weighted by molar-refractivity contribution is -0.122. The first-order valence-corrected chi connectivity index (χ1v) is 11.5. The topological polar surface area (TPSA) is 79.6 Å². The van der Waals surface area contributed by atoms with E-state index in [9.17, 15) is 9.59 Å². The average Bonchev–Trinajstić information content (AvgIpc) is 3.16. The minimum atomic E-state index is 0.0777. The van der Waals surface area contributed by atoms with Gasteiger partial charge in [-0.15, -0.1) is 10.2 Å². The predicted octanol–water partition coefficient (Wildman–Crippen LogP) is 3.32. The summed E-state index contributed by atoms with van der Waals surface area (Å²) < 4.78 is 1.87. The molecule has 1 aromatic carbocycles. The number of amides is 2. The van der Waals surface area contributed by atoms with E-state index in [1.54, 1.807) is 0 Å². The van der Waals surface area contributed by atoms with E-state index in [1.165, 1.54) is 0 Å². The number of rotatable bonds is 4. The molecule has 2 aromatic heterocycles. The Balaban J connectivity index is 1.37. The highest BCUT2D eigenvalue weighted by Crippen LogP contribution is 2.28. The van der Waals surface area contributed by atoms with E-state index in [0.717, 1.165) is 55.1 Å². The van der Waals surface area contributed by atoms with E-state index in [-0.39, 0.29) is 17.7 Å². The molecule has 5 rings (SSSR count). The first-order valence-electron chi connectivity index (χ1n) is 10.3. The Bertz CT molecular complexity index is 1080. The van der Waals surface area contributed by atoms with Crippen molar-refractivity contribution in [3.63, 3.8) is 0 Å². The highest BCUT2D eigenvalue weighted by atomic mass is 32.2. The van der Waals surface area contributed by atoms with Gasteiger partial charge in [-0.05, 0) is 37.1 Å². The summed E-state index contributed by atoms with van der Waals surface area (Å²) in [7, 11) is 0. The summed E-state index contributed by atoms with van der Waals surface area (Å²) in [5.74, 6) is 2.95. The lowest BCUT2D eigenvalue weighted by Gasteiger charge is -2.26. The Kier molecular flexibility index (Phi) is 5.16. The fraction of sp³-hybridized carbons (Fsp3) is 0.364. The van der Waals surface area contributed by atoms with Crippen molar-refractivity contribution < 1.29 is 9.59 Å². The fourth-order valence-corrected chi connectivity index (χ4v) is 4.69. The molecule has 154 valence electrons. The van der Waals surface area contributed by atoms with Gasteiger partial charge < -0.3 is 10.2 Å². The molecule has 1 aliphatic heterocycles. The van der Waals surface area contributed by atoms with Gasteiger partial charge >= 0.3 is 0 Å². The highest BCUT2D eigenvalue weighted by molar-refractivity contribution is 7.99. The third-order valence-corrected chi connectivity index (χ3v) is 6.78. The van der Waals surface area contributed by atoms with Crippen LogP contribution in [0, 0.1) is 5.92 Å². The quantitative estimate of drug-likeness (QED) is 0.699. The van der Waals surface area contributed by atoms with Crippen LogP contribution in [0.2, 0.25) is 0 Å². The van der Waals surface area contributed by atoms with E-state index in [4.69, 9.17) is 0 Å². The molecule has 0 radical (unpaired) electrons. The predicted molar refractivity (Wildman–Crippen MR) is 118 cm³/mol. The number of carbonyl (C=O) groups is 2. The van der Waals surface area contributed by atoms with Crippen molar-refractivity contribution in [2.24, 2.45) is 5.92 Å². The number of anilines is 1. The van der Waals surface area contributed by atoms with Crippen molar-refractivity contribution in [2.75, 3.05) is 29.9 Å². The van der Waals surface area contributed by atoms with Crippen LogP contribution >= 0.6 is 11.8 Å². The van der Waals surface area contributed by atoms with Gasteiger partial charge in [-0.1, -0.05) is 18.6 Å². The van der Waals surface area contributed by atoms with E-state index in [2.05, 4.69) is 15.5 Å². The van der Waals surface area contributed by atoms with Gasteiger partial charge in [0.15, 0.2) is 11.5 Å². The molecule has 0 spiro atoms. The summed E-state index contributed by atoms with van der Waals surface area (Å²) in [6, 6.07) is 11.2. The van der Waals surface area contributed by atoms with Crippen LogP contribution in [0.15, 0.2) is 42.6 Å². The zero-order valence-corrected chi connectivity index (χ0v) is 17.4. The number of carbonyl (C=O) groups excluding carboxylic acids is 2. The number of hydrogen-bond donors (Lipinski definition) is 1. The van der Waals surface area contributed by atoms with Crippen molar-refractivity contribution in [1.29, 1.82) is 0 Å². The molecule has 3 heterocycles. The summed E-state index contributed by atoms with van der Waals surface area (Å²) in [5, 5.41) is 11.5. The van der Waals surface area contributed by atoms with Crippen LogP contribution in [0.25, 0.3) is 17.0 Å². The van der Waals surface area contributed by atoms with Gasteiger partial charge in [0, 0.05) is 47.8 Å². The number of hydrogen-bond acceptors (Lipinski definition) is 5. The van der Waals surface area contributed by atoms with Gasteiger partial charge in [0.25, 0.3) is 5.91 Å². The smallest absolute Gasteiger partial charge is 0.253 e. The summed E-state index contributed by atoms with van der Waals surface area (Å²) in [4.78, 5) is 26.9. The molecule has 2 amide bonds. The molecule has 7 nitrogen and oxygen atoms in total. The number of pyridine rings is 1. The Morgan fingerprint density at radius 1 is 1.00 bits per heavy atom. The van der Waals surface area contributed by atoms with Crippen molar-refractivity contribution in [3.8, 4) is 11.4 Å². The van der Waals surface area contributed by atoms with Crippen molar-refractivity contribution in [1.82, 2.24) is 19.5 Å². The van der Waals surface area contributed by atoms with Gasteiger partial charge in [0.1, 0.15) is 0 Å². The molecule has 0 bridgehead atoms. The van der Waals surface area contributed by atoms with E-state index >= 15 is 0 Å². The number of nitrogens with zero attached hydrogens (tertiary/aromatic N) is 4. The molecular formula is C22H23N5O2S. The summed E-state index contributed by atoms with van der Waals surface area (Å²) in [5.41, 5.74) is 3.00. The molecule has 30 heavy (non-hydrogen) atoms. The average molecular weight is 422 g/mol. The fourth-order valence-electron chi connectivity index (χ4n) is 3.79. The lowest BCUT2D eigenvalue weighted by atomic mass is 9.85. The summed E-state index contributed by atoms with van der Waals surface area (Å²) in [6.07, 6.45) is 4.91. The number of nitrogens with one attached hydrogen (secondary N) is 1. The van der Waals surface area contributed by atoms with Crippen molar-refractivity contribution in [3.05, 3.63) is 48.2 Å². The third kappa shape index (κ3) is 3.67. The highest BCUT2D eigenvalue weighted by Gasteiger charge is 2.25. The maximum absolute atomic E-state index is 12.7. The number of thioether (sulfide) groups is 1. The molecule has 1 aliphatic carbocycles. The van der Waals surface area contributed by atoms with E-state index in [0.29, 0.717) is 17.0 Å². The second-order valence-electron chi connectivity index (χ2n) is 7.77. The van der Waals surface area contributed by atoms with Crippen LogP contribution in [0.4, 0.5) is 5.69 Å². The van der Waals surface area contributed by atoms with Crippen LogP contribution in [0.3, 0.4) is 0 Å². The minimum Gasteiger partial charge on any atom is -0.337 e. The monoisotopic (exact) mass is 421 g/mol. The Morgan fingerprint density at radius 3 is 2.47 bits per heavy atom. The summed E-state index contributed by atoms with van der Waals surface area (Å²) >= 11 is 1.89. The second kappa shape index (κ2) is 8.10. The third-order valence-electron chi connectivity index (χ3n) is 5.83. The molecular weight excluding hydrogens is 398 g/mol. The van der Waals surface area contributed by atoms with Crippen LogP contribution < -0.4 is 5.32 Å². The van der Waals surface area contributed by atoms with Gasteiger partial charge in [0.05, 0.1) is 5.69 Å². The molecule has 1 N–H and O–H groups in total. The van der Waals surface area contributed by atoms with Crippen molar-refractivity contribution in [2.45, 2.75) is 19.3 Å². The largest absolute Gasteiger partial charge is 0.337 e. The second-order valence-corrected chi connectivity index (χ2v) is 8.99. The van der Waals surface area contributed by atoms with Gasteiger partial charge in [-0.2, -0.15) is 11.8 Å². The Labute approximate surface area is 178 Å². The zero-order valence-electron chi connectivity index (χ0n) is 16.6. The normalized spacial score (nSPS) is 17.0. The lowest BCUT2D eigenvalue weighted by Crippen LogP contribution is -2.37.